The molecule has 0 atom stereocenters. The Bertz CT molecular complexity index is 593. The van der Waals surface area contributed by atoms with Crippen molar-refractivity contribution < 1.29 is 4.39 Å². The number of rotatable bonds is 4. The summed E-state index contributed by atoms with van der Waals surface area (Å²) < 4.78 is 14.8. The van der Waals surface area contributed by atoms with Gasteiger partial charge in [0.1, 0.15) is 5.82 Å². The van der Waals surface area contributed by atoms with E-state index in [-0.39, 0.29) is 5.82 Å². The van der Waals surface area contributed by atoms with Gasteiger partial charge in [-0.2, -0.15) is 5.26 Å². The molecule has 2 rings (SSSR count). The summed E-state index contributed by atoms with van der Waals surface area (Å²) in [6.07, 6.45) is 0.338. The number of halogens is 2. The average molecular weight is 319 g/mol. The molecule has 96 valence electrons. The van der Waals surface area contributed by atoms with Gasteiger partial charge in [0.05, 0.1) is 18.2 Å². The molecule has 0 radical (unpaired) electrons. The van der Waals surface area contributed by atoms with Crippen LogP contribution in [0.15, 0.2) is 53.0 Å². The van der Waals surface area contributed by atoms with E-state index in [1.54, 1.807) is 12.1 Å². The molecule has 0 saturated heterocycles. The van der Waals surface area contributed by atoms with Crippen molar-refractivity contribution in [1.82, 2.24) is 0 Å². The van der Waals surface area contributed by atoms with Gasteiger partial charge in [0, 0.05) is 16.7 Å². The Hall–Kier alpha value is -1.86. The first-order valence-electron chi connectivity index (χ1n) is 5.87. The summed E-state index contributed by atoms with van der Waals surface area (Å²) in [5, 5.41) is 8.74. The van der Waals surface area contributed by atoms with Gasteiger partial charge in [0.15, 0.2) is 0 Å². The van der Waals surface area contributed by atoms with E-state index in [1.165, 1.54) is 6.07 Å². The minimum Gasteiger partial charge on any atom is -0.338 e. The van der Waals surface area contributed by atoms with Crippen LogP contribution in [0.3, 0.4) is 0 Å². The molecule has 0 heterocycles. The summed E-state index contributed by atoms with van der Waals surface area (Å²) in [4.78, 5) is 1.81. The molecule has 19 heavy (non-hydrogen) atoms. The highest BCUT2D eigenvalue weighted by Gasteiger charge is 2.13. The maximum absolute atomic E-state index is 14.1. The molecule has 2 nitrogen and oxygen atoms in total. The molecule has 0 amide bonds. The minimum absolute atomic E-state index is 0.309. The largest absolute Gasteiger partial charge is 0.338 e. The van der Waals surface area contributed by atoms with Gasteiger partial charge < -0.3 is 4.90 Å². The smallest absolute Gasteiger partial charge is 0.147 e. The Labute approximate surface area is 120 Å². The SMILES string of the molecule is N#CCCN(c1ccccc1)c1ccc(Br)cc1F. The van der Waals surface area contributed by atoms with Gasteiger partial charge in [-0.15, -0.1) is 0 Å². The van der Waals surface area contributed by atoms with Crippen LogP contribution in [-0.2, 0) is 0 Å². The highest BCUT2D eigenvalue weighted by Crippen LogP contribution is 2.29. The molecule has 0 aliphatic carbocycles. The number of hydrogen-bond donors (Lipinski definition) is 0. The van der Waals surface area contributed by atoms with Gasteiger partial charge >= 0.3 is 0 Å². The highest BCUT2D eigenvalue weighted by atomic mass is 79.9. The lowest BCUT2D eigenvalue weighted by Gasteiger charge is -2.24. The first-order chi connectivity index (χ1) is 9.22. The molecule has 4 heteroatoms. The lowest BCUT2D eigenvalue weighted by Crippen LogP contribution is -2.19. The van der Waals surface area contributed by atoms with Gasteiger partial charge in [-0.1, -0.05) is 34.1 Å². The Kier molecular flexibility index (Phi) is 4.53. The van der Waals surface area contributed by atoms with Crippen LogP contribution in [0.4, 0.5) is 15.8 Å². The third-order valence-electron chi connectivity index (χ3n) is 2.72. The van der Waals surface area contributed by atoms with Crippen LogP contribution >= 0.6 is 15.9 Å². The van der Waals surface area contributed by atoms with Gasteiger partial charge in [-0.05, 0) is 30.3 Å². The molecular formula is C15H12BrFN2. The van der Waals surface area contributed by atoms with Crippen molar-refractivity contribution in [2.45, 2.75) is 6.42 Å². The van der Waals surface area contributed by atoms with Gasteiger partial charge in [-0.3, -0.25) is 0 Å². The van der Waals surface area contributed by atoms with E-state index in [1.807, 2.05) is 35.2 Å². The molecule has 0 unspecified atom stereocenters. The summed E-state index contributed by atoms with van der Waals surface area (Å²) in [6.45, 7) is 0.457. The third kappa shape index (κ3) is 3.33. The normalized spacial score (nSPS) is 9.95. The average Bonchev–Trinajstić information content (AvgIpc) is 2.42. The maximum atomic E-state index is 14.1. The van der Waals surface area contributed by atoms with Crippen LogP contribution < -0.4 is 4.90 Å². The standard InChI is InChI=1S/C15H12BrFN2/c16-12-7-8-15(14(17)11-12)19(10-4-9-18)13-5-2-1-3-6-13/h1-3,5-8,11H,4,10H2. The van der Waals surface area contributed by atoms with E-state index < -0.39 is 0 Å². The predicted molar refractivity (Wildman–Crippen MR) is 77.8 cm³/mol. The molecular weight excluding hydrogens is 307 g/mol. The summed E-state index contributed by atoms with van der Waals surface area (Å²) in [5.74, 6) is -0.309. The van der Waals surface area contributed by atoms with E-state index in [2.05, 4.69) is 22.0 Å². The van der Waals surface area contributed by atoms with E-state index in [0.717, 1.165) is 5.69 Å². The van der Waals surface area contributed by atoms with Crippen molar-refractivity contribution in [3.8, 4) is 6.07 Å². The molecule has 0 aliphatic heterocycles. The van der Waals surface area contributed by atoms with Gasteiger partial charge in [0.25, 0.3) is 0 Å². The monoisotopic (exact) mass is 318 g/mol. The fraction of sp³-hybridized carbons (Fsp3) is 0.133. The summed E-state index contributed by atoms with van der Waals surface area (Å²) in [6, 6.07) is 16.5. The van der Waals surface area contributed by atoms with Crippen LogP contribution in [0.2, 0.25) is 0 Å². The number of nitriles is 1. The van der Waals surface area contributed by atoms with Gasteiger partial charge in [-0.25, -0.2) is 4.39 Å². The number of anilines is 2. The molecule has 0 aromatic heterocycles. The number of benzene rings is 2. The van der Waals surface area contributed by atoms with E-state index in [9.17, 15) is 4.39 Å². The molecule has 0 N–H and O–H groups in total. The first kappa shape index (κ1) is 13.6. The predicted octanol–water partition coefficient (Wildman–Crippen LogP) is 4.64. The van der Waals surface area contributed by atoms with Crippen LogP contribution in [0, 0.1) is 17.1 Å². The fourth-order valence-corrected chi connectivity index (χ4v) is 2.19. The van der Waals surface area contributed by atoms with E-state index in [4.69, 9.17) is 5.26 Å². The number of hydrogen-bond acceptors (Lipinski definition) is 2. The Balaban J connectivity index is 2.40. The van der Waals surface area contributed by atoms with Crippen molar-refractivity contribution in [2.24, 2.45) is 0 Å². The maximum Gasteiger partial charge on any atom is 0.147 e. The van der Waals surface area contributed by atoms with Crippen molar-refractivity contribution in [2.75, 3.05) is 11.4 Å². The van der Waals surface area contributed by atoms with Crippen molar-refractivity contribution in [3.63, 3.8) is 0 Å². The lowest BCUT2D eigenvalue weighted by atomic mass is 10.2. The van der Waals surface area contributed by atoms with E-state index in [0.29, 0.717) is 23.1 Å². The number of nitrogens with zero attached hydrogens (tertiary/aromatic N) is 2. The minimum atomic E-state index is -0.309. The molecule has 2 aromatic carbocycles. The van der Waals surface area contributed by atoms with Crippen LogP contribution in [0.5, 0.6) is 0 Å². The molecule has 0 fully saturated rings. The quantitative estimate of drug-likeness (QED) is 0.821. The zero-order valence-electron chi connectivity index (χ0n) is 10.2. The van der Waals surface area contributed by atoms with Crippen LogP contribution in [-0.4, -0.2) is 6.54 Å². The fourth-order valence-electron chi connectivity index (χ4n) is 1.86. The lowest BCUT2D eigenvalue weighted by molar-refractivity contribution is 0.624. The second kappa shape index (κ2) is 6.35. The summed E-state index contributed by atoms with van der Waals surface area (Å²) in [7, 11) is 0. The van der Waals surface area contributed by atoms with Crippen molar-refractivity contribution in [3.05, 3.63) is 58.8 Å². The molecule has 2 aromatic rings. The van der Waals surface area contributed by atoms with Crippen molar-refractivity contribution >= 4 is 27.3 Å². The molecule has 0 bridgehead atoms. The van der Waals surface area contributed by atoms with Crippen LogP contribution in [0.25, 0.3) is 0 Å². The Morgan fingerprint density at radius 2 is 1.89 bits per heavy atom. The second-order valence-electron chi connectivity index (χ2n) is 3.99. The van der Waals surface area contributed by atoms with E-state index >= 15 is 0 Å². The van der Waals surface area contributed by atoms with Gasteiger partial charge in [0.2, 0.25) is 0 Å². The number of para-hydroxylation sites is 1. The topological polar surface area (TPSA) is 27.0 Å². The Morgan fingerprint density at radius 1 is 1.16 bits per heavy atom. The molecule has 0 saturated carbocycles. The highest BCUT2D eigenvalue weighted by molar-refractivity contribution is 9.10. The third-order valence-corrected chi connectivity index (χ3v) is 3.21. The molecule has 0 aliphatic rings. The Morgan fingerprint density at radius 3 is 2.53 bits per heavy atom. The summed E-state index contributed by atoms with van der Waals surface area (Å²) in [5.41, 5.74) is 1.35. The zero-order chi connectivity index (χ0) is 13.7. The van der Waals surface area contributed by atoms with Crippen molar-refractivity contribution in [1.29, 1.82) is 5.26 Å². The first-order valence-corrected chi connectivity index (χ1v) is 6.66. The second-order valence-corrected chi connectivity index (χ2v) is 4.91. The van der Waals surface area contributed by atoms with Crippen LogP contribution in [0.1, 0.15) is 6.42 Å². The zero-order valence-corrected chi connectivity index (χ0v) is 11.8. The summed E-state index contributed by atoms with van der Waals surface area (Å²) >= 11 is 3.24. The molecule has 0 spiro atoms.